The minimum absolute atomic E-state index is 1.08. The van der Waals surface area contributed by atoms with Gasteiger partial charge in [0.15, 0.2) is 0 Å². The predicted molar refractivity (Wildman–Crippen MR) is 34.0 cm³/mol. The quantitative estimate of drug-likeness (QED) is 0.475. The highest BCUT2D eigenvalue weighted by atomic mass is 14.0. The van der Waals surface area contributed by atoms with Crippen LogP contribution in [0.2, 0.25) is 0 Å². The van der Waals surface area contributed by atoms with E-state index in [1.807, 2.05) is 6.08 Å². The molecular formula is C7H13. The molecule has 0 spiro atoms. The summed E-state index contributed by atoms with van der Waals surface area (Å²) in [6, 6.07) is 0. The maximum atomic E-state index is 3.63. The Morgan fingerprint density at radius 2 is 2.29 bits per heavy atom. The van der Waals surface area contributed by atoms with Gasteiger partial charge in [-0.15, -0.1) is 6.58 Å². The molecule has 0 heteroatoms. The van der Waals surface area contributed by atoms with Crippen molar-refractivity contribution < 1.29 is 0 Å². The van der Waals surface area contributed by atoms with Gasteiger partial charge in [0.25, 0.3) is 0 Å². The number of hydrogen-bond acceptors (Lipinski definition) is 0. The molecule has 41 valence electrons. The Kier molecular flexibility index (Phi) is 3.77. The Labute approximate surface area is 46.2 Å². The molecule has 0 bridgehead atoms. The molecular weight excluding hydrogens is 84.1 g/mol. The lowest BCUT2D eigenvalue weighted by atomic mass is 10.1. The van der Waals surface area contributed by atoms with Gasteiger partial charge in [-0.25, -0.2) is 0 Å². The van der Waals surface area contributed by atoms with Gasteiger partial charge < -0.3 is 0 Å². The van der Waals surface area contributed by atoms with Crippen molar-refractivity contribution in [2.24, 2.45) is 0 Å². The minimum atomic E-state index is 1.08. The van der Waals surface area contributed by atoms with Crippen LogP contribution >= 0.6 is 0 Å². The second-order valence-corrected chi connectivity index (χ2v) is 1.80. The Balaban J connectivity index is 2.98. The summed E-state index contributed by atoms with van der Waals surface area (Å²) in [7, 11) is 0. The van der Waals surface area contributed by atoms with E-state index in [-0.39, 0.29) is 0 Å². The fourth-order valence-electron chi connectivity index (χ4n) is 0.391. The molecule has 0 rings (SSSR count). The lowest BCUT2D eigenvalue weighted by molar-refractivity contribution is 0.861. The Hall–Kier alpha value is -0.260. The first-order chi connectivity index (χ1) is 3.31. The third-order valence-electron chi connectivity index (χ3n) is 1.10. The zero-order valence-electron chi connectivity index (χ0n) is 5.20. The fraction of sp³-hybridized carbons (Fsp3) is 0.571. The van der Waals surface area contributed by atoms with Gasteiger partial charge in [-0.3, -0.25) is 0 Å². The molecule has 0 atom stereocenters. The molecule has 0 nitrogen and oxygen atoms in total. The zero-order valence-corrected chi connectivity index (χ0v) is 5.20. The summed E-state index contributed by atoms with van der Waals surface area (Å²) in [5, 5.41) is 0. The highest BCUT2D eigenvalue weighted by Gasteiger charge is 1.91. The lowest BCUT2D eigenvalue weighted by Gasteiger charge is -1.99. The average molecular weight is 97.2 g/mol. The van der Waals surface area contributed by atoms with E-state index in [9.17, 15) is 0 Å². The van der Waals surface area contributed by atoms with Crippen LogP contribution in [0.25, 0.3) is 0 Å². The van der Waals surface area contributed by atoms with Gasteiger partial charge in [0.05, 0.1) is 0 Å². The van der Waals surface area contributed by atoms with Crippen LogP contribution in [0.1, 0.15) is 26.7 Å². The Bertz CT molecular complexity index is 46.0. The number of rotatable bonds is 3. The monoisotopic (exact) mass is 97.1 g/mol. The summed E-state index contributed by atoms with van der Waals surface area (Å²) in [5.41, 5.74) is 0. The smallest absolute Gasteiger partial charge is 0.0237 e. The van der Waals surface area contributed by atoms with E-state index in [0.717, 1.165) is 6.42 Å². The van der Waals surface area contributed by atoms with Crippen LogP contribution in [0.15, 0.2) is 12.7 Å². The first-order valence-electron chi connectivity index (χ1n) is 2.73. The van der Waals surface area contributed by atoms with E-state index in [4.69, 9.17) is 0 Å². The minimum Gasteiger partial charge on any atom is -0.103 e. The summed E-state index contributed by atoms with van der Waals surface area (Å²) in [5.74, 6) is 1.51. The van der Waals surface area contributed by atoms with Crippen molar-refractivity contribution in [1.29, 1.82) is 0 Å². The molecule has 0 aromatic heterocycles. The van der Waals surface area contributed by atoms with E-state index >= 15 is 0 Å². The second kappa shape index (κ2) is 3.91. The van der Waals surface area contributed by atoms with Crippen molar-refractivity contribution in [3.8, 4) is 0 Å². The maximum absolute atomic E-state index is 3.63. The van der Waals surface area contributed by atoms with Crippen molar-refractivity contribution in [2.45, 2.75) is 26.7 Å². The van der Waals surface area contributed by atoms with Crippen LogP contribution in [0, 0.1) is 5.92 Å². The van der Waals surface area contributed by atoms with Crippen molar-refractivity contribution in [1.82, 2.24) is 0 Å². The van der Waals surface area contributed by atoms with Crippen LogP contribution < -0.4 is 0 Å². The first kappa shape index (κ1) is 6.74. The van der Waals surface area contributed by atoms with Gasteiger partial charge in [0, 0.05) is 0 Å². The molecule has 1 radical (unpaired) electrons. The molecule has 0 aromatic carbocycles. The molecule has 0 aromatic rings. The van der Waals surface area contributed by atoms with E-state index in [0.29, 0.717) is 0 Å². The van der Waals surface area contributed by atoms with Crippen LogP contribution in [0.4, 0.5) is 0 Å². The van der Waals surface area contributed by atoms with Crippen molar-refractivity contribution >= 4 is 0 Å². The molecule has 0 saturated carbocycles. The SMILES string of the molecule is C=CC[C](C)CC. The molecule has 0 aliphatic carbocycles. The molecule has 0 heterocycles. The van der Waals surface area contributed by atoms with Crippen molar-refractivity contribution in [3.05, 3.63) is 18.6 Å². The van der Waals surface area contributed by atoms with E-state index in [1.54, 1.807) is 0 Å². The Morgan fingerprint density at radius 3 is 2.43 bits per heavy atom. The molecule has 0 unspecified atom stereocenters. The predicted octanol–water partition coefficient (Wildman–Crippen LogP) is 2.57. The molecule has 0 amide bonds. The number of allylic oxidation sites excluding steroid dienone is 1. The Morgan fingerprint density at radius 1 is 1.71 bits per heavy atom. The molecule has 7 heavy (non-hydrogen) atoms. The van der Waals surface area contributed by atoms with Gasteiger partial charge >= 0.3 is 0 Å². The third kappa shape index (κ3) is 3.57. The van der Waals surface area contributed by atoms with Crippen LogP contribution in [0.5, 0.6) is 0 Å². The zero-order chi connectivity index (χ0) is 5.70. The summed E-state index contributed by atoms with van der Waals surface area (Å²) >= 11 is 0. The van der Waals surface area contributed by atoms with Gasteiger partial charge in [-0.2, -0.15) is 0 Å². The highest BCUT2D eigenvalue weighted by molar-refractivity contribution is 4.89. The molecule has 0 aliphatic rings. The lowest BCUT2D eigenvalue weighted by Crippen LogP contribution is -1.83. The van der Waals surface area contributed by atoms with E-state index in [2.05, 4.69) is 20.4 Å². The maximum Gasteiger partial charge on any atom is -0.0237 e. The number of hydrogen-bond donors (Lipinski definition) is 0. The summed E-state index contributed by atoms with van der Waals surface area (Å²) < 4.78 is 0. The molecule has 0 N–H and O–H groups in total. The van der Waals surface area contributed by atoms with Gasteiger partial charge in [-0.05, 0) is 18.8 Å². The standard InChI is InChI=1S/C7H13/c1-4-6-7(3)5-2/h4H,1,5-6H2,2-3H3. The van der Waals surface area contributed by atoms with Crippen LogP contribution in [-0.4, -0.2) is 0 Å². The van der Waals surface area contributed by atoms with Crippen molar-refractivity contribution in [3.63, 3.8) is 0 Å². The van der Waals surface area contributed by atoms with E-state index in [1.165, 1.54) is 12.3 Å². The average Bonchev–Trinajstić information content (AvgIpc) is 1.68. The highest BCUT2D eigenvalue weighted by Crippen LogP contribution is 2.07. The summed E-state index contributed by atoms with van der Waals surface area (Å²) in [4.78, 5) is 0. The normalized spacial score (nSPS) is 9.57. The molecule has 0 aliphatic heterocycles. The molecule has 0 saturated heterocycles. The molecule has 0 fully saturated rings. The second-order valence-electron chi connectivity index (χ2n) is 1.80. The van der Waals surface area contributed by atoms with Crippen LogP contribution in [0.3, 0.4) is 0 Å². The van der Waals surface area contributed by atoms with Crippen molar-refractivity contribution in [2.75, 3.05) is 0 Å². The van der Waals surface area contributed by atoms with E-state index < -0.39 is 0 Å². The first-order valence-corrected chi connectivity index (χ1v) is 2.73. The largest absolute Gasteiger partial charge is 0.103 e. The third-order valence-corrected chi connectivity index (χ3v) is 1.10. The fourth-order valence-corrected chi connectivity index (χ4v) is 0.391. The van der Waals surface area contributed by atoms with Gasteiger partial charge in [0.1, 0.15) is 0 Å². The topological polar surface area (TPSA) is 0 Å². The summed E-state index contributed by atoms with van der Waals surface area (Å²) in [6.45, 7) is 7.95. The van der Waals surface area contributed by atoms with Gasteiger partial charge in [0.2, 0.25) is 0 Å². The van der Waals surface area contributed by atoms with Crippen LogP contribution in [-0.2, 0) is 0 Å². The summed E-state index contributed by atoms with van der Waals surface area (Å²) in [6.07, 6.45) is 4.21. The van der Waals surface area contributed by atoms with Gasteiger partial charge in [-0.1, -0.05) is 19.9 Å².